The van der Waals surface area contributed by atoms with Crippen LogP contribution in [-0.2, 0) is 9.47 Å². The largest absolute Gasteiger partial charge is 0.459 e. The van der Waals surface area contributed by atoms with Crippen molar-refractivity contribution in [2.75, 3.05) is 19.1 Å². The highest BCUT2D eigenvalue weighted by molar-refractivity contribution is 6.00. The highest BCUT2D eigenvalue weighted by Gasteiger charge is 2.20. The molecule has 0 unspecified atom stereocenters. The van der Waals surface area contributed by atoms with Gasteiger partial charge in [-0.2, -0.15) is 0 Å². The molecule has 0 aliphatic rings. The molecule has 0 aliphatic carbocycles. The Kier molecular flexibility index (Phi) is 4.71. The Labute approximate surface area is 106 Å². The summed E-state index contributed by atoms with van der Waals surface area (Å²) >= 11 is 0. The molecule has 0 saturated heterocycles. The number of ether oxygens (including phenoxy) is 2. The molecule has 18 heavy (non-hydrogen) atoms. The van der Waals surface area contributed by atoms with Crippen molar-refractivity contribution >= 4 is 17.7 Å². The van der Waals surface area contributed by atoms with Crippen LogP contribution in [0, 0.1) is 0 Å². The summed E-state index contributed by atoms with van der Waals surface area (Å²) in [5, 5.41) is 0. The van der Waals surface area contributed by atoms with Gasteiger partial charge in [-0.05, 0) is 26.0 Å². The Balaban J connectivity index is 3.06. The number of hydrogen-bond donors (Lipinski definition) is 0. The summed E-state index contributed by atoms with van der Waals surface area (Å²) in [6, 6.07) is 6.72. The lowest BCUT2D eigenvalue weighted by Gasteiger charge is -2.19. The molecular formula is C13H17NO4. The molecule has 0 saturated carbocycles. The van der Waals surface area contributed by atoms with Gasteiger partial charge >= 0.3 is 12.1 Å². The fourth-order valence-corrected chi connectivity index (χ4v) is 1.45. The predicted octanol–water partition coefficient (Wildman–Crippen LogP) is 2.45. The molecule has 0 aromatic heterocycles. The minimum Gasteiger partial charge on any atom is -0.459 e. The van der Waals surface area contributed by atoms with Gasteiger partial charge in [0.25, 0.3) is 0 Å². The van der Waals surface area contributed by atoms with E-state index in [1.54, 1.807) is 38.1 Å². The molecule has 0 bridgehead atoms. The molecule has 1 amide bonds. The van der Waals surface area contributed by atoms with Crippen LogP contribution in [0.4, 0.5) is 10.5 Å². The zero-order valence-electron chi connectivity index (χ0n) is 11.0. The van der Waals surface area contributed by atoms with E-state index >= 15 is 0 Å². The third-order valence-corrected chi connectivity index (χ3v) is 2.28. The molecule has 1 aromatic rings. The van der Waals surface area contributed by atoms with Crippen LogP contribution < -0.4 is 4.90 Å². The Bertz CT molecular complexity index is 442. The second kappa shape index (κ2) is 6.05. The zero-order chi connectivity index (χ0) is 13.7. The number of anilines is 1. The second-order valence-corrected chi connectivity index (χ2v) is 4.00. The Morgan fingerprint density at radius 3 is 2.39 bits per heavy atom. The molecule has 1 rings (SSSR count). The quantitative estimate of drug-likeness (QED) is 0.774. The molecule has 0 atom stereocenters. The normalized spacial score (nSPS) is 10.1. The number of carbonyl (C=O) groups is 2. The van der Waals surface area contributed by atoms with Crippen LogP contribution in [0.3, 0.4) is 0 Å². The number of benzene rings is 1. The predicted molar refractivity (Wildman–Crippen MR) is 67.8 cm³/mol. The number of hydrogen-bond acceptors (Lipinski definition) is 4. The highest BCUT2D eigenvalue weighted by atomic mass is 16.5. The molecule has 0 radical (unpaired) electrons. The molecule has 5 heteroatoms. The first-order valence-corrected chi connectivity index (χ1v) is 5.59. The van der Waals surface area contributed by atoms with E-state index in [4.69, 9.17) is 4.74 Å². The first kappa shape index (κ1) is 14.0. The summed E-state index contributed by atoms with van der Waals surface area (Å²) in [5.41, 5.74) is 0.786. The van der Waals surface area contributed by atoms with Crippen LogP contribution >= 0.6 is 0 Å². The number of esters is 1. The molecule has 0 N–H and O–H groups in total. The average molecular weight is 251 g/mol. The maximum absolute atomic E-state index is 11.9. The standard InChI is InChI=1S/C13H17NO4/c1-9(2)18-12(15)10-7-5-6-8-11(10)14(3)13(16)17-4/h5-9H,1-4H3. The summed E-state index contributed by atoms with van der Waals surface area (Å²) in [7, 11) is 2.82. The van der Waals surface area contributed by atoms with Crippen molar-refractivity contribution in [1.29, 1.82) is 0 Å². The van der Waals surface area contributed by atoms with E-state index in [1.165, 1.54) is 19.1 Å². The van der Waals surface area contributed by atoms with E-state index < -0.39 is 12.1 Å². The number of rotatable bonds is 3. The molecule has 0 fully saturated rings. The maximum Gasteiger partial charge on any atom is 0.413 e. The Morgan fingerprint density at radius 2 is 1.83 bits per heavy atom. The van der Waals surface area contributed by atoms with Crippen molar-refractivity contribution in [3.8, 4) is 0 Å². The molecule has 1 aromatic carbocycles. The fraction of sp³-hybridized carbons (Fsp3) is 0.385. The van der Waals surface area contributed by atoms with E-state index in [1.807, 2.05) is 0 Å². The molecule has 0 aliphatic heterocycles. The van der Waals surface area contributed by atoms with Gasteiger partial charge in [0.15, 0.2) is 0 Å². The SMILES string of the molecule is COC(=O)N(C)c1ccccc1C(=O)OC(C)C. The monoisotopic (exact) mass is 251 g/mol. The number of amides is 1. The Morgan fingerprint density at radius 1 is 1.22 bits per heavy atom. The van der Waals surface area contributed by atoms with E-state index in [0.29, 0.717) is 11.3 Å². The van der Waals surface area contributed by atoms with E-state index in [2.05, 4.69) is 4.74 Å². The smallest absolute Gasteiger partial charge is 0.413 e. The highest BCUT2D eigenvalue weighted by Crippen LogP contribution is 2.21. The van der Waals surface area contributed by atoms with Crippen molar-refractivity contribution in [3.63, 3.8) is 0 Å². The van der Waals surface area contributed by atoms with Gasteiger partial charge in [0, 0.05) is 7.05 Å². The summed E-state index contributed by atoms with van der Waals surface area (Å²) in [4.78, 5) is 24.6. The van der Waals surface area contributed by atoms with E-state index in [9.17, 15) is 9.59 Å². The molecule has 98 valence electrons. The number of carbonyl (C=O) groups excluding carboxylic acids is 2. The van der Waals surface area contributed by atoms with Crippen LogP contribution in [0.15, 0.2) is 24.3 Å². The summed E-state index contributed by atoms with van der Waals surface area (Å²) in [5.74, 6) is -0.462. The van der Waals surface area contributed by atoms with Gasteiger partial charge in [-0.15, -0.1) is 0 Å². The van der Waals surface area contributed by atoms with Gasteiger partial charge in [0.1, 0.15) is 0 Å². The minimum atomic E-state index is -0.542. The van der Waals surface area contributed by atoms with Crippen LogP contribution in [0.2, 0.25) is 0 Å². The topological polar surface area (TPSA) is 55.8 Å². The van der Waals surface area contributed by atoms with Crippen molar-refractivity contribution in [3.05, 3.63) is 29.8 Å². The fourth-order valence-electron chi connectivity index (χ4n) is 1.45. The second-order valence-electron chi connectivity index (χ2n) is 4.00. The van der Waals surface area contributed by atoms with Crippen LogP contribution in [0.5, 0.6) is 0 Å². The van der Waals surface area contributed by atoms with Gasteiger partial charge in [0.2, 0.25) is 0 Å². The minimum absolute atomic E-state index is 0.214. The number of nitrogens with zero attached hydrogens (tertiary/aromatic N) is 1. The summed E-state index contributed by atoms with van der Waals surface area (Å²) < 4.78 is 9.74. The van der Waals surface area contributed by atoms with Crippen LogP contribution in [-0.4, -0.2) is 32.3 Å². The summed E-state index contributed by atoms with van der Waals surface area (Å²) in [6.07, 6.45) is -0.756. The van der Waals surface area contributed by atoms with Gasteiger partial charge in [-0.3, -0.25) is 4.90 Å². The van der Waals surface area contributed by atoms with Crippen molar-refractivity contribution in [2.45, 2.75) is 20.0 Å². The van der Waals surface area contributed by atoms with Crippen LogP contribution in [0.1, 0.15) is 24.2 Å². The molecule has 0 spiro atoms. The van der Waals surface area contributed by atoms with Crippen molar-refractivity contribution in [1.82, 2.24) is 0 Å². The van der Waals surface area contributed by atoms with Gasteiger partial charge in [0.05, 0.1) is 24.5 Å². The van der Waals surface area contributed by atoms with E-state index in [0.717, 1.165) is 0 Å². The third-order valence-electron chi connectivity index (χ3n) is 2.28. The maximum atomic E-state index is 11.9. The lowest BCUT2D eigenvalue weighted by atomic mass is 10.1. The molecular weight excluding hydrogens is 234 g/mol. The first-order valence-electron chi connectivity index (χ1n) is 5.59. The molecule has 5 nitrogen and oxygen atoms in total. The van der Waals surface area contributed by atoms with Gasteiger partial charge in [-0.25, -0.2) is 9.59 Å². The van der Waals surface area contributed by atoms with Gasteiger partial charge < -0.3 is 9.47 Å². The average Bonchev–Trinajstić information content (AvgIpc) is 2.36. The molecule has 0 heterocycles. The lowest BCUT2D eigenvalue weighted by molar-refractivity contribution is 0.0379. The lowest BCUT2D eigenvalue weighted by Crippen LogP contribution is -2.28. The van der Waals surface area contributed by atoms with Crippen molar-refractivity contribution in [2.24, 2.45) is 0 Å². The number of para-hydroxylation sites is 1. The Hall–Kier alpha value is -2.04. The first-order chi connectivity index (χ1) is 8.47. The van der Waals surface area contributed by atoms with Crippen molar-refractivity contribution < 1.29 is 19.1 Å². The van der Waals surface area contributed by atoms with E-state index in [-0.39, 0.29) is 6.10 Å². The number of methoxy groups -OCH3 is 1. The summed E-state index contributed by atoms with van der Waals surface area (Å²) in [6.45, 7) is 3.54. The van der Waals surface area contributed by atoms with Gasteiger partial charge in [-0.1, -0.05) is 12.1 Å². The third kappa shape index (κ3) is 3.23. The zero-order valence-corrected chi connectivity index (χ0v) is 11.0. The van der Waals surface area contributed by atoms with Crippen LogP contribution in [0.25, 0.3) is 0 Å².